The molecule has 3 heteroatoms. The Morgan fingerprint density at radius 2 is 1.89 bits per heavy atom. The number of hydrogen-bond donors (Lipinski definition) is 0. The third-order valence-corrected chi connectivity index (χ3v) is 2.80. The maximum Gasteiger partial charge on any atom is 0.171 e. The Morgan fingerprint density at radius 1 is 1.16 bits per heavy atom. The highest BCUT2D eigenvalue weighted by Crippen LogP contribution is 2.32. The quantitative estimate of drug-likeness (QED) is 0.769. The fraction of sp³-hybridized carbons (Fsp3) is 0.188. The maximum absolute atomic E-state index is 11.0. The summed E-state index contributed by atoms with van der Waals surface area (Å²) in [5.74, 6) is 1.07. The van der Waals surface area contributed by atoms with Crippen LogP contribution in [0.3, 0.4) is 0 Å². The van der Waals surface area contributed by atoms with Crippen LogP contribution in [0.1, 0.15) is 21.5 Å². The Hall–Kier alpha value is -2.29. The summed E-state index contributed by atoms with van der Waals surface area (Å²) >= 11 is 0. The lowest BCUT2D eigenvalue weighted by molar-refractivity contribution is 0.111. The van der Waals surface area contributed by atoms with Gasteiger partial charge in [0.15, 0.2) is 17.8 Å². The van der Waals surface area contributed by atoms with E-state index in [0.717, 1.165) is 17.4 Å². The lowest BCUT2D eigenvalue weighted by Crippen LogP contribution is -2.00. The summed E-state index contributed by atoms with van der Waals surface area (Å²) in [6, 6.07) is 13.5. The first-order valence-corrected chi connectivity index (χ1v) is 6.05. The number of hydrogen-bond acceptors (Lipinski definition) is 3. The van der Waals surface area contributed by atoms with E-state index in [-0.39, 0.29) is 0 Å². The molecule has 2 aromatic rings. The number of aryl methyl sites for hydroxylation is 1. The molecule has 0 fully saturated rings. The van der Waals surface area contributed by atoms with E-state index in [2.05, 4.69) is 0 Å². The number of aldehydes is 1. The molecule has 0 aliphatic heterocycles. The van der Waals surface area contributed by atoms with Gasteiger partial charge in [-0.15, -0.1) is 0 Å². The molecule has 0 saturated carbocycles. The van der Waals surface area contributed by atoms with Gasteiger partial charge < -0.3 is 9.47 Å². The normalized spacial score (nSPS) is 10.0. The molecule has 0 saturated heterocycles. The molecule has 0 aliphatic carbocycles. The van der Waals surface area contributed by atoms with Crippen molar-refractivity contribution in [3.8, 4) is 11.5 Å². The summed E-state index contributed by atoms with van der Waals surface area (Å²) in [5.41, 5.74) is 2.54. The van der Waals surface area contributed by atoms with Crippen LogP contribution in [0, 0.1) is 6.92 Å². The maximum atomic E-state index is 11.0. The number of methoxy groups -OCH3 is 1. The van der Waals surface area contributed by atoms with Crippen LogP contribution in [0.4, 0.5) is 0 Å². The van der Waals surface area contributed by atoms with Crippen molar-refractivity contribution in [3.63, 3.8) is 0 Å². The summed E-state index contributed by atoms with van der Waals surface area (Å²) in [5, 5.41) is 0. The Balaban J connectivity index is 2.24. The van der Waals surface area contributed by atoms with Crippen molar-refractivity contribution in [2.75, 3.05) is 7.11 Å². The van der Waals surface area contributed by atoms with Gasteiger partial charge in [0.05, 0.1) is 12.7 Å². The van der Waals surface area contributed by atoms with Crippen LogP contribution in [0.15, 0.2) is 42.5 Å². The van der Waals surface area contributed by atoms with Gasteiger partial charge in [-0.2, -0.15) is 0 Å². The van der Waals surface area contributed by atoms with E-state index < -0.39 is 0 Å². The van der Waals surface area contributed by atoms with Gasteiger partial charge in [0, 0.05) is 0 Å². The monoisotopic (exact) mass is 256 g/mol. The minimum Gasteiger partial charge on any atom is -0.492 e. The van der Waals surface area contributed by atoms with Gasteiger partial charge in [0.25, 0.3) is 0 Å². The second-order valence-corrected chi connectivity index (χ2v) is 4.28. The standard InChI is InChI=1S/C16H16O3/c1-12-8-14(10-17)16(18-2)15(9-12)19-11-13-6-4-3-5-7-13/h3-10H,11H2,1-2H3. The minimum atomic E-state index is 0.443. The van der Waals surface area contributed by atoms with E-state index in [1.54, 1.807) is 6.07 Å². The van der Waals surface area contributed by atoms with E-state index in [4.69, 9.17) is 9.47 Å². The number of rotatable bonds is 5. The number of benzene rings is 2. The molecule has 0 spiro atoms. The van der Waals surface area contributed by atoms with Crippen LogP contribution in [0.25, 0.3) is 0 Å². The molecule has 0 N–H and O–H groups in total. The second-order valence-electron chi connectivity index (χ2n) is 4.28. The molecule has 0 unspecified atom stereocenters. The molecule has 2 aromatic carbocycles. The molecule has 3 nitrogen and oxygen atoms in total. The Morgan fingerprint density at radius 3 is 2.53 bits per heavy atom. The molecule has 0 radical (unpaired) electrons. The van der Waals surface area contributed by atoms with Crippen molar-refractivity contribution in [1.29, 1.82) is 0 Å². The predicted octanol–water partition coefficient (Wildman–Crippen LogP) is 3.40. The lowest BCUT2D eigenvalue weighted by Gasteiger charge is -2.13. The van der Waals surface area contributed by atoms with Crippen LogP contribution in [0.5, 0.6) is 11.5 Å². The van der Waals surface area contributed by atoms with Crippen LogP contribution < -0.4 is 9.47 Å². The zero-order valence-corrected chi connectivity index (χ0v) is 11.1. The average Bonchev–Trinajstić information content (AvgIpc) is 2.45. The zero-order valence-electron chi connectivity index (χ0n) is 11.1. The highest BCUT2D eigenvalue weighted by atomic mass is 16.5. The van der Waals surface area contributed by atoms with Gasteiger partial charge in [0.2, 0.25) is 0 Å². The van der Waals surface area contributed by atoms with E-state index in [1.165, 1.54) is 7.11 Å². The minimum absolute atomic E-state index is 0.443. The molecule has 98 valence electrons. The molecule has 0 atom stereocenters. The fourth-order valence-corrected chi connectivity index (χ4v) is 1.92. The number of carbonyl (C=O) groups excluding carboxylic acids is 1. The molecule has 0 aliphatic rings. The van der Waals surface area contributed by atoms with Crippen molar-refractivity contribution in [2.45, 2.75) is 13.5 Å². The third-order valence-electron chi connectivity index (χ3n) is 2.80. The van der Waals surface area contributed by atoms with E-state index in [0.29, 0.717) is 23.7 Å². The fourth-order valence-electron chi connectivity index (χ4n) is 1.92. The summed E-state index contributed by atoms with van der Waals surface area (Å²) < 4.78 is 11.0. The van der Waals surface area contributed by atoms with Gasteiger partial charge >= 0.3 is 0 Å². The second kappa shape index (κ2) is 6.05. The first-order chi connectivity index (χ1) is 9.24. The van der Waals surface area contributed by atoms with Crippen molar-refractivity contribution in [2.24, 2.45) is 0 Å². The smallest absolute Gasteiger partial charge is 0.171 e. The SMILES string of the molecule is COc1c(C=O)cc(C)cc1OCc1ccccc1. The van der Waals surface area contributed by atoms with Crippen LogP contribution in [-0.4, -0.2) is 13.4 Å². The van der Waals surface area contributed by atoms with Gasteiger partial charge in [-0.05, 0) is 30.2 Å². The Kier molecular flexibility index (Phi) is 4.18. The molecule has 2 rings (SSSR count). The van der Waals surface area contributed by atoms with E-state index >= 15 is 0 Å². The largest absolute Gasteiger partial charge is 0.492 e. The van der Waals surface area contributed by atoms with E-state index in [9.17, 15) is 4.79 Å². The topological polar surface area (TPSA) is 35.5 Å². The zero-order chi connectivity index (χ0) is 13.7. The highest BCUT2D eigenvalue weighted by Gasteiger charge is 2.11. The molecule has 0 amide bonds. The summed E-state index contributed by atoms with van der Waals surface area (Å²) in [6.45, 7) is 2.36. The summed E-state index contributed by atoms with van der Waals surface area (Å²) in [6.07, 6.45) is 0.779. The molecular weight excluding hydrogens is 240 g/mol. The summed E-state index contributed by atoms with van der Waals surface area (Å²) in [4.78, 5) is 11.0. The lowest BCUT2D eigenvalue weighted by atomic mass is 10.1. The van der Waals surface area contributed by atoms with Gasteiger partial charge in [-0.25, -0.2) is 0 Å². The molecular formula is C16H16O3. The summed E-state index contributed by atoms with van der Waals surface area (Å²) in [7, 11) is 1.53. The first kappa shape index (κ1) is 13.1. The van der Waals surface area contributed by atoms with Gasteiger partial charge in [-0.1, -0.05) is 30.3 Å². The molecule has 19 heavy (non-hydrogen) atoms. The van der Waals surface area contributed by atoms with Crippen molar-refractivity contribution in [3.05, 3.63) is 59.2 Å². The van der Waals surface area contributed by atoms with Gasteiger partial charge in [-0.3, -0.25) is 4.79 Å². The Labute approximate surface area is 112 Å². The molecule has 0 bridgehead atoms. The Bertz CT molecular complexity index is 562. The van der Waals surface area contributed by atoms with Crippen LogP contribution in [0.2, 0.25) is 0 Å². The van der Waals surface area contributed by atoms with Crippen LogP contribution in [-0.2, 0) is 6.61 Å². The van der Waals surface area contributed by atoms with Crippen molar-refractivity contribution >= 4 is 6.29 Å². The van der Waals surface area contributed by atoms with Crippen molar-refractivity contribution in [1.82, 2.24) is 0 Å². The highest BCUT2D eigenvalue weighted by molar-refractivity contribution is 5.81. The molecule has 0 aromatic heterocycles. The van der Waals surface area contributed by atoms with E-state index in [1.807, 2.05) is 43.3 Å². The number of ether oxygens (including phenoxy) is 2. The van der Waals surface area contributed by atoms with Crippen LogP contribution >= 0.6 is 0 Å². The average molecular weight is 256 g/mol. The third kappa shape index (κ3) is 3.13. The first-order valence-electron chi connectivity index (χ1n) is 6.05. The number of carbonyl (C=O) groups is 1. The molecule has 0 heterocycles. The van der Waals surface area contributed by atoms with Crippen molar-refractivity contribution < 1.29 is 14.3 Å². The predicted molar refractivity (Wildman–Crippen MR) is 73.9 cm³/mol. The van der Waals surface area contributed by atoms with Gasteiger partial charge in [0.1, 0.15) is 6.61 Å².